The SMILES string of the molecule is O=C(CCCOc1ccc(Cl)cc1)Nc1ccc(Cl)cc1Cl. The Kier molecular flexibility index (Phi) is 6.37. The Labute approximate surface area is 144 Å². The number of ether oxygens (including phenoxy) is 1. The summed E-state index contributed by atoms with van der Waals surface area (Å²) in [6.45, 7) is 0.448. The molecule has 0 heterocycles. The van der Waals surface area contributed by atoms with Gasteiger partial charge in [-0.25, -0.2) is 0 Å². The fraction of sp³-hybridized carbons (Fsp3) is 0.188. The zero-order valence-electron chi connectivity index (χ0n) is 11.6. The molecule has 22 heavy (non-hydrogen) atoms. The number of carbonyl (C=O) groups is 1. The zero-order chi connectivity index (χ0) is 15.9. The molecule has 0 aliphatic heterocycles. The van der Waals surface area contributed by atoms with Crippen molar-refractivity contribution in [1.82, 2.24) is 0 Å². The molecule has 0 aromatic heterocycles. The van der Waals surface area contributed by atoms with Gasteiger partial charge in [0.25, 0.3) is 0 Å². The molecule has 0 aliphatic carbocycles. The topological polar surface area (TPSA) is 38.3 Å². The lowest BCUT2D eigenvalue weighted by Gasteiger charge is -2.08. The van der Waals surface area contributed by atoms with E-state index in [4.69, 9.17) is 39.5 Å². The Morgan fingerprint density at radius 3 is 2.36 bits per heavy atom. The third-order valence-corrected chi connectivity index (χ3v) is 3.64. The molecule has 116 valence electrons. The Bertz CT molecular complexity index is 644. The Morgan fingerprint density at radius 2 is 1.68 bits per heavy atom. The van der Waals surface area contributed by atoms with Crippen molar-refractivity contribution >= 4 is 46.4 Å². The van der Waals surface area contributed by atoms with Crippen LogP contribution in [0.4, 0.5) is 5.69 Å². The van der Waals surface area contributed by atoms with E-state index >= 15 is 0 Å². The molecule has 2 aromatic rings. The molecule has 2 rings (SSSR count). The highest BCUT2D eigenvalue weighted by atomic mass is 35.5. The van der Waals surface area contributed by atoms with Crippen LogP contribution in [0.3, 0.4) is 0 Å². The summed E-state index contributed by atoms with van der Waals surface area (Å²) in [6.07, 6.45) is 0.937. The minimum Gasteiger partial charge on any atom is -0.494 e. The first-order valence-electron chi connectivity index (χ1n) is 6.68. The van der Waals surface area contributed by atoms with Crippen LogP contribution in [0.1, 0.15) is 12.8 Å². The maximum atomic E-state index is 11.8. The summed E-state index contributed by atoms with van der Waals surface area (Å²) < 4.78 is 5.52. The van der Waals surface area contributed by atoms with E-state index < -0.39 is 0 Å². The summed E-state index contributed by atoms with van der Waals surface area (Å²) >= 11 is 17.6. The number of nitrogens with one attached hydrogen (secondary N) is 1. The highest BCUT2D eigenvalue weighted by molar-refractivity contribution is 6.36. The van der Waals surface area contributed by atoms with E-state index in [-0.39, 0.29) is 5.91 Å². The molecule has 0 aliphatic rings. The Morgan fingerprint density at radius 1 is 1.00 bits per heavy atom. The molecule has 0 bridgehead atoms. The number of amides is 1. The first kappa shape index (κ1) is 16.9. The third kappa shape index (κ3) is 5.41. The fourth-order valence-corrected chi connectivity index (χ4v) is 2.34. The number of rotatable bonds is 6. The van der Waals surface area contributed by atoms with Crippen molar-refractivity contribution < 1.29 is 9.53 Å². The summed E-state index contributed by atoms with van der Waals surface area (Å²) in [5, 5.41) is 4.34. The summed E-state index contributed by atoms with van der Waals surface area (Å²) in [5.41, 5.74) is 0.551. The monoisotopic (exact) mass is 357 g/mol. The summed E-state index contributed by atoms with van der Waals surface area (Å²) in [7, 11) is 0. The van der Waals surface area contributed by atoms with Crippen molar-refractivity contribution in [3.63, 3.8) is 0 Å². The Balaban J connectivity index is 1.72. The average Bonchev–Trinajstić information content (AvgIpc) is 2.48. The molecule has 0 saturated heterocycles. The molecule has 0 saturated carbocycles. The predicted octanol–water partition coefficient (Wildman–Crippen LogP) is 5.44. The van der Waals surface area contributed by atoms with Crippen LogP contribution in [0.25, 0.3) is 0 Å². The second-order valence-corrected chi connectivity index (χ2v) is 5.86. The van der Waals surface area contributed by atoms with Crippen LogP contribution in [-0.4, -0.2) is 12.5 Å². The molecule has 6 heteroatoms. The van der Waals surface area contributed by atoms with Crippen molar-refractivity contribution in [2.45, 2.75) is 12.8 Å². The molecule has 1 amide bonds. The first-order chi connectivity index (χ1) is 10.5. The van der Waals surface area contributed by atoms with Gasteiger partial charge in [-0.05, 0) is 48.9 Å². The fourth-order valence-electron chi connectivity index (χ4n) is 1.76. The van der Waals surface area contributed by atoms with Gasteiger partial charge in [-0.3, -0.25) is 4.79 Å². The lowest BCUT2D eigenvalue weighted by Crippen LogP contribution is -2.13. The van der Waals surface area contributed by atoms with E-state index in [9.17, 15) is 4.79 Å². The van der Waals surface area contributed by atoms with Gasteiger partial charge in [0.1, 0.15) is 5.75 Å². The highest BCUT2D eigenvalue weighted by Crippen LogP contribution is 2.25. The largest absolute Gasteiger partial charge is 0.494 e. The zero-order valence-corrected chi connectivity index (χ0v) is 13.9. The van der Waals surface area contributed by atoms with Gasteiger partial charge in [-0.1, -0.05) is 34.8 Å². The quantitative estimate of drug-likeness (QED) is 0.698. The summed E-state index contributed by atoms with van der Waals surface area (Å²) in [4.78, 5) is 11.8. The van der Waals surface area contributed by atoms with Gasteiger partial charge in [0.2, 0.25) is 5.91 Å². The van der Waals surface area contributed by atoms with E-state index in [1.807, 2.05) is 0 Å². The van der Waals surface area contributed by atoms with Crippen molar-refractivity contribution in [1.29, 1.82) is 0 Å². The van der Waals surface area contributed by atoms with Crippen molar-refractivity contribution in [3.05, 3.63) is 57.5 Å². The van der Waals surface area contributed by atoms with Crippen LogP contribution < -0.4 is 10.1 Å². The molecule has 1 N–H and O–H groups in total. The molecular formula is C16H14Cl3NO2. The van der Waals surface area contributed by atoms with Crippen LogP contribution in [0.2, 0.25) is 15.1 Å². The van der Waals surface area contributed by atoms with Crippen LogP contribution in [0, 0.1) is 0 Å². The molecule has 2 aromatic carbocycles. The van der Waals surface area contributed by atoms with Crippen LogP contribution >= 0.6 is 34.8 Å². The van der Waals surface area contributed by atoms with Crippen molar-refractivity contribution in [3.8, 4) is 5.75 Å². The summed E-state index contributed by atoms with van der Waals surface area (Å²) in [5.74, 6) is 0.606. The predicted molar refractivity (Wildman–Crippen MR) is 91.3 cm³/mol. The standard InChI is InChI=1S/C16H14Cl3NO2/c17-11-3-6-13(7-4-11)22-9-1-2-16(21)20-15-8-5-12(18)10-14(15)19/h3-8,10H,1-2,9H2,(H,20,21). The molecule has 0 unspecified atom stereocenters. The van der Waals surface area contributed by atoms with Gasteiger partial charge in [0.05, 0.1) is 17.3 Å². The maximum absolute atomic E-state index is 11.8. The van der Waals surface area contributed by atoms with Gasteiger partial charge < -0.3 is 10.1 Å². The minimum atomic E-state index is -0.121. The molecule has 0 spiro atoms. The van der Waals surface area contributed by atoms with Crippen LogP contribution in [0.15, 0.2) is 42.5 Å². The molecule has 0 fully saturated rings. The number of carbonyl (C=O) groups excluding carboxylic acids is 1. The second-order valence-electron chi connectivity index (χ2n) is 4.58. The maximum Gasteiger partial charge on any atom is 0.224 e. The van der Waals surface area contributed by atoms with Crippen molar-refractivity contribution in [2.75, 3.05) is 11.9 Å². The lowest BCUT2D eigenvalue weighted by atomic mass is 10.2. The number of benzene rings is 2. The van der Waals surface area contributed by atoms with E-state index in [0.717, 1.165) is 5.75 Å². The van der Waals surface area contributed by atoms with Gasteiger partial charge in [0.15, 0.2) is 0 Å². The average molecular weight is 359 g/mol. The van der Waals surface area contributed by atoms with Gasteiger partial charge in [0, 0.05) is 16.5 Å². The minimum absolute atomic E-state index is 0.121. The second kappa shape index (κ2) is 8.28. The van der Waals surface area contributed by atoms with Crippen molar-refractivity contribution in [2.24, 2.45) is 0 Å². The lowest BCUT2D eigenvalue weighted by molar-refractivity contribution is -0.116. The molecule has 0 radical (unpaired) electrons. The smallest absolute Gasteiger partial charge is 0.224 e. The van der Waals surface area contributed by atoms with E-state index in [1.54, 1.807) is 42.5 Å². The number of hydrogen-bond acceptors (Lipinski definition) is 2. The number of hydrogen-bond donors (Lipinski definition) is 1. The van der Waals surface area contributed by atoms with E-state index in [0.29, 0.717) is 40.2 Å². The summed E-state index contributed by atoms with van der Waals surface area (Å²) in [6, 6.07) is 12.0. The van der Waals surface area contributed by atoms with Gasteiger partial charge in [-0.2, -0.15) is 0 Å². The van der Waals surface area contributed by atoms with E-state index in [2.05, 4.69) is 5.32 Å². The molecular weight excluding hydrogens is 345 g/mol. The molecule has 0 atom stereocenters. The van der Waals surface area contributed by atoms with Gasteiger partial charge in [-0.15, -0.1) is 0 Å². The molecule has 3 nitrogen and oxygen atoms in total. The van der Waals surface area contributed by atoms with E-state index in [1.165, 1.54) is 0 Å². The first-order valence-corrected chi connectivity index (χ1v) is 7.81. The van der Waals surface area contributed by atoms with Gasteiger partial charge >= 0.3 is 0 Å². The third-order valence-electron chi connectivity index (χ3n) is 2.84. The number of anilines is 1. The van der Waals surface area contributed by atoms with Crippen LogP contribution in [-0.2, 0) is 4.79 Å². The Hall–Kier alpha value is -1.42. The highest BCUT2D eigenvalue weighted by Gasteiger charge is 2.06. The number of halogens is 3. The normalized spacial score (nSPS) is 10.3. The van der Waals surface area contributed by atoms with Crippen LogP contribution in [0.5, 0.6) is 5.75 Å².